The molecule has 6 rings (SSSR count). The number of nitrogens with two attached hydrogens (primary N) is 3. The summed E-state index contributed by atoms with van der Waals surface area (Å²) in [6.07, 6.45) is 6.36. The molecule has 0 bridgehead atoms. The molecule has 2 aromatic carbocycles. The van der Waals surface area contributed by atoms with Crippen LogP contribution in [-0.4, -0.2) is 44.1 Å². The summed E-state index contributed by atoms with van der Waals surface area (Å²) >= 11 is 6.03. The standard InChI is InChI=1S/C20H23N5O2.C15H18ClN3O2.C5H6N2/c1-12(2)14-9-13(3)15(26-4)10-16(14)27-17-11-23-20(21)25-19(17)24-18-7-5-6-8-22-18;1-8(2)10-5-9(3)11(20-4)6-12(10)21-13-7-18-15(17)19-14(13)16;6-5-3-1-2-4-7-5/h5-12H,1-4H3,(H3,21,22,23,24,25);5-8H,1-4H3,(H2,17,18,19);1-4H,(H2,6,7). The van der Waals surface area contributed by atoms with Gasteiger partial charge in [-0.3, -0.25) is 0 Å². The first-order valence-electron chi connectivity index (χ1n) is 17.3. The third kappa shape index (κ3) is 11.8. The molecule has 0 aliphatic rings. The molecule has 4 heterocycles. The Labute approximate surface area is 326 Å². The average Bonchev–Trinajstić information content (AvgIpc) is 3.16. The molecule has 0 unspecified atom stereocenters. The van der Waals surface area contributed by atoms with Gasteiger partial charge in [0.1, 0.15) is 34.6 Å². The topological polar surface area (TPSA) is 204 Å². The number of nitrogens with one attached hydrogen (secondary N) is 1. The Kier molecular flexibility index (Phi) is 14.7. The fourth-order valence-corrected chi connectivity index (χ4v) is 5.23. The molecule has 0 aliphatic heterocycles. The smallest absolute Gasteiger partial charge is 0.222 e. The highest BCUT2D eigenvalue weighted by atomic mass is 35.5. The van der Waals surface area contributed by atoms with Gasteiger partial charge in [-0.15, -0.1) is 0 Å². The van der Waals surface area contributed by atoms with Crippen LogP contribution in [0.25, 0.3) is 0 Å². The van der Waals surface area contributed by atoms with E-state index in [1.54, 1.807) is 38.9 Å². The lowest BCUT2D eigenvalue weighted by molar-refractivity contribution is 0.404. The van der Waals surface area contributed by atoms with Crippen molar-refractivity contribution in [1.29, 1.82) is 0 Å². The second kappa shape index (κ2) is 19.6. The van der Waals surface area contributed by atoms with E-state index in [1.807, 2.05) is 62.4 Å². The van der Waals surface area contributed by atoms with Crippen molar-refractivity contribution in [3.05, 3.63) is 113 Å². The van der Waals surface area contributed by atoms with Crippen LogP contribution in [0.15, 0.2) is 85.5 Å². The van der Waals surface area contributed by atoms with Gasteiger partial charge in [0.15, 0.2) is 22.5 Å². The van der Waals surface area contributed by atoms with Gasteiger partial charge in [0.2, 0.25) is 11.9 Å². The van der Waals surface area contributed by atoms with E-state index in [0.717, 1.165) is 33.8 Å². The molecule has 0 spiro atoms. The van der Waals surface area contributed by atoms with Crippen molar-refractivity contribution >= 4 is 41.0 Å². The van der Waals surface area contributed by atoms with Crippen molar-refractivity contribution in [3.63, 3.8) is 0 Å². The fraction of sp³-hybridized carbons (Fsp3) is 0.250. The molecule has 55 heavy (non-hydrogen) atoms. The van der Waals surface area contributed by atoms with E-state index < -0.39 is 0 Å². The molecule has 0 radical (unpaired) electrons. The summed E-state index contributed by atoms with van der Waals surface area (Å²) in [4.78, 5) is 24.1. The van der Waals surface area contributed by atoms with Crippen molar-refractivity contribution in [1.82, 2.24) is 29.9 Å². The predicted molar refractivity (Wildman–Crippen MR) is 218 cm³/mol. The van der Waals surface area contributed by atoms with Gasteiger partial charge in [0.25, 0.3) is 0 Å². The number of benzene rings is 2. The first kappa shape index (κ1) is 41.3. The van der Waals surface area contributed by atoms with Crippen molar-refractivity contribution in [2.75, 3.05) is 36.7 Å². The third-order valence-electron chi connectivity index (χ3n) is 7.84. The van der Waals surface area contributed by atoms with Gasteiger partial charge in [0.05, 0.1) is 26.6 Å². The highest BCUT2D eigenvalue weighted by molar-refractivity contribution is 6.30. The maximum atomic E-state index is 6.18. The van der Waals surface area contributed by atoms with E-state index in [-0.39, 0.29) is 28.9 Å². The number of ether oxygens (including phenoxy) is 4. The van der Waals surface area contributed by atoms with Crippen LogP contribution in [0.5, 0.6) is 34.5 Å². The number of nitrogen functional groups attached to an aromatic ring is 3. The number of hydrogen-bond acceptors (Lipinski definition) is 14. The summed E-state index contributed by atoms with van der Waals surface area (Å²) in [7, 11) is 3.27. The SMILES string of the molecule is COc1cc(Oc2cnc(N)nc2Cl)c(C(C)C)cc1C.COc1cc(Oc2cnc(N)nc2Nc2ccccn2)c(C(C)C)cc1C.Nc1ccccn1. The number of pyridine rings is 2. The van der Waals surface area contributed by atoms with E-state index >= 15 is 0 Å². The normalized spacial score (nSPS) is 10.5. The molecule has 0 fully saturated rings. The molecule has 0 atom stereocenters. The van der Waals surface area contributed by atoms with Crippen LogP contribution >= 0.6 is 11.6 Å². The number of halogens is 1. The van der Waals surface area contributed by atoms with Gasteiger partial charge in [-0.2, -0.15) is 9.97 Å². The Bertz CT molecular complexity index is 2160. The maximum Gasteiger partial charge on any atom is 0.222 e. The number of methoxy groups -OCH3 is 2. The van der Waals surface area contributed by atoms with Gasteiger partial charge >= 0.3 is 0 Å². The van der Waals surface area contributed by atoms with Crippen LogP contribution in [0.3, 0.4) is 0 Å². The van der Waals surface area contributed by atoms with E-state index in [9.17, 15) is 0 Å². The minimum atomic E-state index is 0.109. The number of rotatable bonds is 10. The molecule has 0 saturated carbocycles. The predicted octanol–water partition coefficient (Wildman–Crippen LogP) is 9.04. The molecule has 0 saturated heterocycles. The van der Waals surface area contributed by atoms with Crippen molar-refractivity contribution < 1.29 is 18.9 Å². The average molecular weight is 767 g/mol. The quantitative estimate of drug-likeness (QED) is 0.0961. The maximum absolute atomic E-state index is 6.18. The Morgan fingerprint density at radius 1 is 0.600 bits per heavy atom. The molecule has 0 aliphatic carbocycles. The molecule has 6 aromatic rings. The molecule has 7 N–H and O–H groups in total. The van der Waals surface area contributed by atoms with Gasteiger partial charge < -0.3 is 41.5 Å². The lowest BCUT2D eigenvalue weighted by Crippen LogP contribution is -2.04. The highest BCUT2D eigenvalue weighted by Crippen LogP contribution is 2.39. The number of anilines is 5. The largest absolute Gasteiger partial charge is 0.496 e. The van der Waals surface area contributed by atoms with E-state index in [4.69, 9.17) is 47.7 Å². The second-order valence-electron chi connectivity index (χ2n) is 12.7. The second-order valence-corrected chi connectivity index (χ2v) is 13.0. The summed E-state index contributed by atoms with van der Waals surface area (Å²) in [5.74, 6) is 6.12. The Hall–Kier alpha value is -6.41. The molecule has 4 aromatic heterocycles. The molecule has 0 amide bonds. The highest BCUT2D eigenvalue weighted by Gasteiger charge is 2.17. The summed E-state index contributed by atoms with van der Waals surface area (Å²) in [6, 6.07) is 18.8. The van der Waals surface area contributed by atoms with Crippen LogP contribution in [0, 0.1) is 13.8 Å². The summed E-state index contributed by atoms with van der Waals surface area (Å²) in [5, 5.41) is 3.30. The first-order chi connectivity index (χ1) is 26.3. The summed E-state index contributed by atoms with van der Waals surface area (Å²) in [5.41, 5.74) is 20.7. The van der Waals surface area contributed by atoms with E-state index in [2.05, 4.69) is 69.0 Å². The van der Waals surface area contributed by atoms with Gasteiger partial charge in [-0.1, -0.05) is 51.4 Å². The Balaban J connectivity index is 0.000000212. The number of nitrogens with zero attached hydrogens (tertiary/aromatic N) is 6. The fourth-order valence-electron chi connectivity index (χ4n) is 5.05. The summed E-state index contributed by atoms with van der Waals surface area (Å²) < 4.78 is 22.8. The number of aryl methyl sites for hydroxylation is 2. The number of aromatic nitrogens is 6. The molecular weight excluding hydrogens is 720 g/mol. The zero-order chi connectivity index (χ0) is 40.1. The molecule has 14 nitrogen and oxygen atoms in total. The minimum absolute atomic E-state index is 0.109. The molecule has 15 heteroatoms. The van der Waals surface area contributed by atoms with E-state index in [0.29, 0.717) is 40.5 Å². The zero-order valence-corrected chi connectivity index (χ0v) is 32.9. The lowest BCUT2D eigenvalue weighted by atomic mass is 9.99. The number of hydrogen-bond donors (Lipinski definition) is 4. The molecule has 288 valence electrons. The Morgan fingerprint density at radius 2 is 1.11 bits per heavy atom. The van der Waals surface area contributed by atoms with Crippen LogP contribution in [0.1, 0.15) is 61.8 Å². The van der Waals surface area contributed by atoms with Crippen molar-refractivity contribution in [2.24, 2.45) is 0 Å². The van der Waals surface area contributed by atoms with Crippen molar-refractivity contribution in [2.45, 2.75) is 53.4 Å². The van der Waals surface area contributed by atoms with Gasteiger partial charge in [-0.05, 0) is 84.3 Å². The summed E-state index contributed by atoms with van der Waals surface area (Å²) in [6.45, 7) is 12.4. The van der Waals surface area contributed by atoms with Crippen LogP contribution in [-0.2, 0) is 0 Å². The lowest BCUT2D eigenvalue weighted by Gasteiger charge is -2.18. The van der Waals surface area contributed by atoms with Crippen LogP contribution in [0.4, 0.5) is 29.4 Å². The monoisotopic (exact) mass is 766 g/mol. The first-order valence-corrected chi connectivity index (χ1v) is 17.6. The van der Waals surface area contributed by atoms with Gasteiger partial charge in [0, 0.05) is 24.5 Å². The van der Waals surface area contributed by atoms with Crippen molar-refractivity contribution in [3.8, 4) is 34.5 Å². The van der Waals surface area contributed by atoms with E-state index in [1.165, 1.54) is 6.20 Å². The minimum Gasteiger partial charge on any atom is -0.496 e. The Morgan fingerprint density at radius 3 is 1.55 bits per heavy atom. The van der Waals surface area contributed by atoms with Gasteiger partial charge in [-0.25, -0.2) is 19.9 Å². The van der Waals surface area contributed by atoms with Crippen LogP contribution < -0.4 is 41.5 Å². The zero-order valence-electron chi connectivity index (χ0n) is 32.2. The van der Waals surface area contributed by atoms with Crippen LogP contribution in [0.2, 0.25) is 5.15 Å². The third-order valence-corrected chi connectivity index (χ3v) is 8.11. The molecular formula is C40H47ClN10O4.